The predicted molar refractivity (Wildman–Crippen MR) is 97.3 cm³/mol. The van der Waals surface area contributed by atoms with E-state index in [-0.39, 0.29) is 0 Å². The molecule has 1 aliphatic heterocycles. The number of anilines is 1. The lowest BCUT2D eigenvalue weighted by atomic mass is 9.98. The fraction of sp³-hybridized carbons (Fsp3) is 0.286. The summed E-state index contributed by atoms with van der Waals surface area (Å²) in [7, 11) is 0. The Kier molecular flexibility index (Phi) is 4.48. The zero-order valence-corrected chi connectivity index (χ0v) is 13.8. The molecule has 0 amide bonds. The molecule has 1 heterocycles. The molecular weight excluding hydrogens is 280 g/mol. The maximum atomic E-state index is 9.50. The van der Waals surface area contributed by atoms with Crippen molar-refractivity contribution in [3.05, 3.63) is 64.7 Å². The van der Waals surface area contributed by atoms with Gasteiger partial charge in [-0.05, 0) is 67.2 Å². The van der Waals surface area contributed by atoms with Crippen LogP contribution in [0.2, 0.25) is 0 Å². The van der Waals surface area contributed by atoms with Gasteiger partial charge in [-0.2, -0.15) is 5.26 Å². The zero-order chi connectivity index (χ0) is 16.2. The minimum atomic E-state index is 0.710. The van der Waals surface area contributed by atoms with Gasteiger partial charge in [0.2, 0.25) is 0 Å². The second kappa shape index (κ2) is 6.71. The monoisotopic (exact) mass is 302 g/mol. The van der Waals surface area contributed by atoms with Gasteiger partial charge in [0, 0.05) is 18.8 Å². The van der Waals surface area contributed by atoms with Gasteiger partial charge in [0.15, 0.2) is 0 Å². The standard InChI is InChI=1S/C21H22N2/c1-16-13-21(23-10-6-7-11-23)17(2)12-19(16)14-20(15-22)18-8-4-3-5-9-18/h3-5,8-9,12-14H,6-7,10-11H2,1-2H3. The van der Waals surface area contributed by atoms with E-state index in [2.05, 4.69) is 36.9 Å². The smallest absolute Gasteiger partial charge is 0.0998 e. The number of allylic oxidation sites excluding steroid dienone is 1. The molecule has 1 aliphatic rings. The Morgan fingerprint density at radius 2 is 1.74 bits per heavy atom. The molecule has 1 fully saturated rings. The molecule has 0 N–H and O–H groups in total. The van der Waals surface area contributed by atoms with Gasteiger partial charge in [-0.1, -0.05) is 30.3 Å². The first-order valence-electron chi connectivity index (χ1n) is 8.22. The molecule has 0 atom stereocenters. The fourth-order valence-electron chi connectivity index (χ4n) is 3.23. The Hall–Kier alpha value is -2.53. The predicted octanol–water partition coefficient (Wildman–Crippen LogP) is 4.97. The minimum absolute atomic E-state index is 0.710. The first-order valence-corrected chi connectivity index (χ1v) is 8.22. The average Bonchev–Trinajstić information content (AvgIpc) is 3.10. The summed E-state index contributed by atoms with van der Waals surface area (Å²) in [6.45, 7) is 6.61. The Morgan fingerprint density at radius 1 is 1.04 bits per heavy atom. The molecule has 3 rings (SSSR count). The summed E-state index contributed by atoms with van der Waals surface area (Å²) in [5, 5.41) is 9.50. The molecule has 0 aromatic heterocycles. The van der Waals surface area contributed by atoms with Gasteiger partial charge < -0.3 is 4.90 Å². The lowest BCUT2D eigenvalue weighted by Crippen LogP contribution is -2.18. The van der Waals surface area contributed by atoms with Gasteiger partial charge in [-0.3, -0.25) is 0 Å². The van der Waals surface area contributed by atoms with Gasteiger partial charge in [0.25, 0.3) is 0 Å². The van der Waals surface area contributed by atoms with Crippen molar-refractivity contribution in [2.45, 2.75) is 26.7 Å². The first-order chi connectivity index (χ1) is 11.2. The minimum Gasteiger partial charge on any atom is -0.371 e. The third-order valence-corrected chi connectivity index (χ3v) is 4.54. The van der Waals surface area contributed by atoms with Crippen LogP contribution in [0.4, 0.5) is 5.69 Å². The van der Waals surface area contributed by atoms with Gasteiger partial charge >= 0.3 is 0 Å². The number of hydrogen-bond donors (Lipinski definition) is 0. The van der Waals surface area contributed by atoms with Crippen molar-refractivity contribution < 1.29 is 0 Å². The Bertz CT molecular complexity index is 760. The van der Waals surface area contributed by atoms with E-state index in [0.29, 0.717) is 5.57 Å². The number of rotatable bonds is 3. The average molecular weight is 302 g/mol. The van der Waals surface area contributed by atoms with E-state index in [1.54, 1.807) is 0 Å². The van der Waals surface area contributed by atoms with Crippen LogP contribution in [0.3, 0.4) is 0 Å². The van der Waals surface area contributed by atoms with Gasteiger partial charge in [-0.15, -0.1) is 0 Å². The van der Waals surface area contributed by atoms with Crippen LogP contribution < -0.4 is 4.90 Å². The summed E-state index contributed by atoms with van der Waals surface area (Å²) in [6.07, 6.45) is 4.57. The molecule has 0 spiro atoms. The van der Waals surface area contributed by atoms with E-state index in [0.717, 1.165) is 24.2 Å². The highest BCUT2D eigenvalue weighted by molar-refractivity contribution is 5.90. The number of nitriles is 1. The van der Waals surface area contributed by atoms with Crippen LogP contribution in [-0.2, 0) is 0 Å². The van der Waals surface area contributed by atoms with Crippen molar-refractivity contribution in [3.8, 4) is 6.07 Å². The normalized spacial score (nSPS) is 14.8. The quantitative estimate of drug-likeness (QED) is 0.591. The Labute approximate surface area is 138 Å². The lowest BCUT2D eigenvalue weighted by molar-refractivity contribution is 0.949. The second-order valence-corrected chi connectivity index (χ2v) is 6.23. The topological polar surface area (TPSA) is 27.0 Å². The Morgan fingerprint density at radius 3 is 2.39 bits per heavy atom. The van der Waals surface area contributed by atoms with Crippen molar-refractivity contribution in [2.75, 3.05) is 18.0 Å². The second-order valence-electron chi connectivity index (χ2n) is 6.23. The molecule has 23 heavy (non-hydrogen) atoms. The number of nitrogens with zero attached hydrogens (tertiary/aromatic N) is 2. The van der Waals surface area contributed by atoms with Crippen LogP contribution in [0.15, 0.2) is 42.5 Å². The molecule has 2 nitrogen and oxygen atoms in total. The Balaban J connectivity index is 1.98. The van der Waals surface area contributed by atoms with E-state index in [1.807, 2.05) is 36.4 Å². The molecule has 0 aliphatic carbocycles. The van der Waals surface area contributed by atoms with Crippen molar-refractivity contribution >= 4 is 17.3 Å². The molecule has 0 unspecified atom stereocenters. The van der Waals surface area contributed by atoms with Crippen molar-refractivity contribution in [1.29, 1.82) is 5.26 Å². The summed E-state index contributed by atoms with van der Waals surface area (Å²) in [5.41, 5.74) is 6.66. The highest BCUT2D eigenvalue weighted by atomic mass is 15.1. The highest BCUT2D eigenvalue weighted by Gasteiger charge is 2.15. The van der Waals surface area contributed by atoms with Gasteiger partial charge in [0.1, 0.15) is 0 Å². The van der Waals surface area contributed by atoms with Crippen LogP contribution in [0, 0.1) is 25.2 Å². The molecule has 0 saturated carbocycles. The summed E-state index contributed by atoms with van der Waals surface area (Å²) >= 11 is 0. The van der Waals surface area contributed by atoms with Crippen molar-refractivity contribution in [3.63, 3.8) is 0 Å². The van der Waals surface area contributed by atoms with Gasteiger partial charge in [-0.25, -0.2) is 0 Å². The third-order valence-electron chi connectivity index (χ3n) is 4.54. The van der Waals surface area contributed by atoms with Crippen LogP contribution in [0.25, 0.3) is 11.6 Å². The van der Waals surface area contributed by atoms with Gasteiger partial charge in [0.05, 0.1) is 11.6 Å². The van der Waals surface area contributed by atoms with Crippen LogP contribution in [0.5, 0.6) is 0 Å². The van der Waals surface area contributed by atoms with E-state index < -0.39 is 0 Å². The number of benzene rings is 2. The maximum Gasteiger partial charge on any atom is 0.0998 e. The molecular formula is C21H22N2. The maximum absolute atomic E-state index is 9.50. The summed E-state index contributed by atoms with van der Waals surface area (Å²) in [5.74, 6) is 0. The number of aryl methyl sites for hydroxylation is 2. The molecule has 2 aromatic carbocycles. The molecule has 1 saturated heterocycles. The molecule has 2 aromatic rings. The first kappa shape index (κ1) is 15.4. The van der Waals surface area contributed by atoms with E-state index in [9.17, 15) is 5.26 Å². The largest absolute Gasteiger partial charge is 0.371 e. The lowest BCUT2D eigenvalue weighted by Gasteiger charge is -2.21. The summed E-state index contributed by atoms with van der Waals surface area (Å²) < 4.78 is 0. The molecule has 2 heteroatoms. The fourth-order valence-corrected chi connectivity index (χ4v) is 3.23. The van der Waals surface area contributed by atoms with Crippen LogP contribution in [0.1, 0.15) is 35.1 Å². The van der Waals surface area contributed by atoms with Crippen molar-refractivity contribution in [2.24, 2.45) is 0 Å². The number of hydrogen-bond acceptors (Lipinski definition) is 2. The van der Waals surface area contributed by atoms with E-state index in [1.165, 1.54) is 29.7 Å². The molecule has 116 valence electrons. The van der Waals surface area contributed by atoms with Crippen LogP contribution >= 0.6 is 0 Å². The SMILES string of the molecule is Cc1cc(N2CCCC2)c(C)cc1C=C(C#N)c1ccccc1. The van der Waals surface area contributed by atoms with E-state index >= 15 is 0 Å². The highest BCUT2D eigenvalue weighted by Crippen LogP contribution is 2.29. The van der Waals surface area contributed by atoms with Crippen molar-refractivity contribution in [1.82, 2.24) is 0 Å². The third kappa shape index (κ3) is 3.29. The van der Waals surface area contributed by atoms with E-state index in [4.69, 9.17) is 0 Å². The van der Waals surface area contributed by atoms with Crippen LogP contribution in [-0.4, -0.2) is 13.1 Å². The molecule has 0 bridgehead atoms. The summed E-state index contributed by atoms with van der Waals surface area (Å²) in [6, 6.07) is 16.7. The summed E-state index contributed by atoms with van der Waals surface area (Å²) in [4.78, 5) is 2.47. The molecule has 0 radical (unpaired) electrons. The zero-order valence-electron chi connectivity index (χ0n) is 13.8.